The van der Waals surface area contributed by atoms with Crippen molar-refractivity contribution in [2.75, 3.05) is 21.3 Å². The van der Waals surface area contributed by atoms with Gasteiger partial charge in [0.05, 0.1) is 26.9 Å². The Morgan fingerprint density at radius 1 is 0.875 bits per heavy atom. The van der Waals surface area contributed by atoms with Gasteiger partial charge in [-0.2, -0.15) is 0 Å². The van der Waals surface area contributed by atoms with Gasteiger partial charge in [0.1, 0.15) is 5.92 Å². The van der Waals surface area contributed by atoms with Crippen molar-refractivity contribution >= 4 is 18.0 Å². The second-order valence-corrected chi connectivity index (χ2v) is 6.95. The summed E-state index contributed by atoms with van der Waals surface area (Å²) in [6, 6.07) is 19.7. The van der Waals surface area contributed by atoms with Gasteiger partial charge < -0.3 is 19.3 Å². The molecule has 0 amide bonds. The highest BCUT2D eigenvalue weighted by Gasteiger charge is 2.21. The molecule has 1 N–H and O–H groups in total. The number of carboxylic acid groups (broad SMARTS) is 1. The molecule has 6 heteroatoms. The molecule has 32 heavy (non-hydrogen) atoms. The minimum Gasteiger partial charge on any atom is -0.493 e. The largest absolute Gasteiger partial charge is 0.493 e. The van der Waals surface area contributed by atoms with E-state index >= 15 is 0 Å². The summed E-state index contributed by atoms with van der Waals surface area (Å²) in [5.41, 5.74) is 3.04. The summed E-state index contributed by atoms with van der Waals surface area (Å²) >= 11 is 0. The van der Waals surface area contributed by atoms with Crippen molar-refractivity contribution in [3.63, 3.8) is 0 Å². The zero-order valence-corrected chi connectivity index (χ0v) is 18.1. The van der Waals surface area contributed by atoms with Crippen molar-refractivity contribution in [3.8, 4) is 22.6 Å². The van der Waals surface area contributed by atoms with Crippen LogP contribution < -0.4 is 9.47 Å². The molecule has 0 bridgehead atoms. The third-order valence-corrected chi connectivity index (χ3v) is 5.05. The van der Waals surface area contributed by atoms with Gasteiger partial charge in [-0.1, -0.05) is 60.7 Å². The molecule has 3 rings (SSSR count). The lowest BCUT2D eigenvalue weighted by atomic mass is 9.91. The maximum atomic E-state index is 12.4. The number of benzene rings is 3. The number of hydrogen-bond donors (Lipinski definition) is 1. The normalized spacial score (nSPS) is 11.7. The van der Waals surface area contributed by atoms with Crippen LogP contribution >= 0.6 is 0 Å². The first-order valence-electron chi connectivity index (χ1n) is 9.89. The minimum atomic E-state index is -1.04. The summed E-state index contributed by atoms with van der Waals surface area (Å²) in [6.45, 7) is 0. The molecule has 3 aromatic rings. The molecule has 0 aliphatic heterocycles. The van der Waals surface area contributed by atoms with Gasteiger partial charge in [0.2, 0.25) is 0 Å². The molecule has 0 spiro atoms. The summed E-state index contributed by atoms with van der Waals surface area (Å²) < 4.78 is 15.5. The molecular weight excluding hydrogens is 408 g/mol. The van der Waals surface area contributed by atoms with Crippen molar-refractivity contribution in [3.05, 3.63) is 89.5 Å². The number of esters is 1. The molecule has 0 saturated carbocycles. The molecule has 1 unspecified atom stereocenters. The van der Waals surface area contributed by atoms with E-state index in [1.54, 1.807) is 55.7 Å². The number of carbonyl (C=O) groups is 2. The van der Waals surface area contributed by atoms with Crippen molar-refractivity contribution in [1.82, 2.24) is 0 Å². The van der Waals surface area contributed by atoms with Crippen molar-refractivity contribution in [1.29, 1.82) is 0 Å². The van der Waals surface area contributed by atoms with Gasteiger partial charge in [0.25, 0.3) is 0 Å². The summed E-state index contributed by atoms with van der Waals surface area (Å²) in [7, 11) is 4.38. The second-order valence-electron chi connectivity index (χ2n) is 6.95. The van der Waals surface area contributed by atoms with Crippen LogP contribution in [0.4, 0.5) is 0 Å². The number of hydrogen-bond acceptors (Lipinski definition) is 5. The Kier molecular flexibility index (Phi) is 7.29. The highest BCUT2D eigenvalue weighted by molar-refractivity contribution is 5.98. The number of carbonyl (C=O) groups excluding carboxylic acids is 1. The summed E-state index contributed by atoms with van der Waals surface area (Å²) in [5.74, 6) is -1.40. The number of carboxylic acids is 1. The number of aliphatic carboxylic acids is 1. The van der Waals surface area contributed by atoms with Gasteiger partial charge in [0, 0.05) is 0 Å². The Hall–Kier alpha value is -4.06. The molecule has 0 radical (unpaired) electrons. The highest BCUT2D eigenvalue weighted by Crippen LogP contribution is 2.31. The van der Waals surface area contributed by atoms with E-state index < -0.39 is 17.9 Å². The first-order chi connectivity index (χ1) is 15.5. The third kappa shape index (κ3) is 4.98. The Bertz CT molecular complexity index is 1130. The molecule has 6 nitrogen and oxygen atoms in total. The van der Waals surface area contributed by atoms with Crippen LogP contribution in [0.1, 0.15) is 27.4 Å². The predicted octanol–water partition coefficient (Wildman–Crippen LogP) is 5.04. The highest BCUT2D eigenvalue weighted by atomic mass is 16.5. The quantitative estimate of drug-likeness (QED) is 0.502. The van der Waals surface area contributed by atoms with E-state index in [4.69, 9.17) is 14.2 Å². The molecule has 1 atom stereocenters. The zero-order valence-electron chi connectivity index (χ0n) is 18.1. The van der Waals surface area contributed by atoms with E-state index in [2.05, 4.69) is 0 Å². The van der Waals surface area contributed by atoms with Gasteiger partial charge in [-0.3, -0.25) is 4.79 Å². The van der Waals surface area contributed by atoms with Crippen LogP contribution in [0.15, 0.2) is 72.8 Å². The fourth-order valence-corrected chi connectivity index (χ4v) is 3.40. The standard InChI is InChI=1S/C26H24O6/c1-30-23-14-10-17(15-24(23)31-2)9-12-21(25(27)28)19-11-13-20(18-7-5-4-6-8-18)22(16-19)26(29)32-3/h4-16,21H,1-3H3,(H,27,28)/b12-9+. The Morgan fingerprint density at radius 3 is 2.22 bits per heavy atom. The number of methoxy groups -OCH3 is 3. The second kappa shape index (κ2) is 10.3. The lowest BCUT2D eigenvalue weighted by Gasteiger charge is -2.14. The van der Waals surface area contributed by atoms with Crippen LogP contribution in [-0.2, 0) is 9.53 Å². The smallest absolute Gasteiger partial charge is 0.338 e. The maximum Gasteiger partial charge on any atom is 0.338 e. The van der Waals surface area contributed by atoms with Gasteiger partial charge in [-0.25, -0.2) is 4.79 Å². The minimum absolute atomic E-state index is 0.307. The molecule has 3 aromatic carbocycles. The van der Waals surface area contributed by atoms with Crippen LogP contribution in [0.25, 0.3) is 17.2 Å². The first kappa shape index (κ1) is 22.6. The molecule has 0 aliphatic rings. The van der Waals surface area contributed by atoms with Crippen LogP contribution in [0.5, 0.6) is 11.5 Å². The van der Waals surface area contributed by atoms with Crippen LogP contribution in [0, 0.1) is 0 Å². The zero-order chi connectivity index (χ0) is 23.1. The Labute approximate surface area is 186 Å². The summed E-state index contributed by atoms with van der Waals surface area (Å²) in [4.78, 5) is 24.5. The van der Waals surface area contributed by atoms with Gasteiger partial charge in [0.15, 0.2) is 11.5 Å². The van der Waals surface area contributed by atoms with E-state index in [0.717, 1.165) is 11.1 Å². The van der Waals surface area contributed by atoms with E-state index in [9.17, 15) is 14.7 Å². The van der Waals surface area contributed by atoms with E-state index in [1.165, 1.54) is 14.2 Å². The monoisotopic (exact) mass is 432 g/mol. The molecule has 0 aliphatic carbocycles. The topological polar surface area (TPSA) is 82.1 Å². The summed E-state index contributed by atoms with van der Waals surface area (Å²) in [6.07, 6.45) is 3.27. The lowest BCUT2D eigenvalue weighted by Crippen LogP contribution is -2.11. The molecule has 0 heterocycles. The first-order valence-corrected chi connectivity index (χ1v) is 9.89. The Balaban J connectivity index is 2.00. The van der Waals surface area contributed by atoms with Gasteiger partial charge >= 0.3 is 11.9 Å². The molecule has 0 aromatic heterocycles. The van der Waals surface area contributed by atoms with Crippen molar-refractivity contribution in [2.24, 2.45) is 0 Å². The van der Waals surface area contributed by atoms with Gasteiger partial charge in [-0.05, 0) is 40.5 Å². The average Bonchev–Trinajstić information content (AvgIpc) is 2.83. The van der Waals surface area contributed by atoms with Crippen molar-refractivity contribution < 1.29 is 28.9 Å². The molecule has 0 fully saturated rings. The Morgan fingerprint density at radius 2 is 1.59 bits per heavy atom. The fourth-order valence-electron chi connectivity index (χ4n) is 3.40. The fraction of sp³-hybridized carbons (Fsp3) is 0.154. The van der Waals surface area contributed by atoms with Gasteiger partial charge in [-0.15, -0.1) is 0 Å². The molecular formula is C26H24O6. The predicted molar refractivity (Wildman–Crippen MR) is 122 cm³/mol. The van der Waals surface area contributed by atoms with Crippen LogP contribution in [0.3, 0.4) is 0 Å². The molecule has 164 valence electrons. The summed E-state index contributed by atoms with van der Waals surface area (Å²) in [5, 5.41) is 9.85. The average molecular weight is 432 g/mol. The van der Waals surface area contributed by atoms with E-state index in [1.807, 2.05) is 30.3 Å². The van der Waals surface area contributed by atoms with Crippen LogP contribution in [0.2, 0.25) is 0 Å². The van der Waals surface area contributed by atoms with Crippen molar-refractivity contribution in [2.45, 2.75) is 5.92 Å². The molecule has 0 saturated heterocycles. The van der Waals surface area contributed by atoms with E-state index in [0.29, 0.717) is 28.2 Å². The number of rotatable bonds is 8. The lowest BCUT2D eigenvalue weighted by molar-refractivity contribution is -0.137. The number of ether oxygens (including phenoxy) is 3. The van der Waals surface area contributed by atoms with E-state index in [-0.39, 0.29) is 0 Å². The maximum absolute atomic E-state index is 12.4. The SMILES string of the molecule is COC(=O)c1cc(C(/C=C/c2ccc(OC)c(OC)c2)C(=O)O)ccc1-c1ccccc1. The van der Waals surface area contributed by atoms with Crippen LogP contribution in [-0.4, -0.2) is 38.4 Å². The third-order valence-electron chi connectivity index (χ3n) is 5.05.